The average molecular weight is 280 g/mol. The van der Waals surface area contributed by atoms with Gasteiger partial charge in [0.05, 0.1) is 0 Å². The Balaban J connectivity index is 1.94. The number of benzene rings is 2. The van der Waals surface area contributed by atoms with E-state index in [1.165, 1.54) is 17.2 Å². The van der Waals surface area contributed by atoms with Crippen LogP contribution >= 0.6 is 0 Å². The van der Waals surface area contributed by atoms with Gasteiger partial charge in [-0.1, -0.05) is 57.2 Å². The van der Waals surface area contributed by atoms with Gasteiger partial charge in [-0.15, -0.1) is 0 Å². The normalized spacial score (nSPS) is 37.2. The second-order valence-electron chi connectivity index (χ2n) is 7.99. The Labute approximate surface area is 127 Å². The maximum Gasteiger partial charge on any atom is 0.100 e. The predicted molar refractivity (Wildman–Crippen MR) is 87.1 cm³/mol. The van der Waals surface area contributed by atoms with E-state index >= 15 is 0 Å². The molecule has 1 N–H and O–H groups in total. The smallest absolute Gasteiger partial charge is 0.100 e. The molecule has 21 heavy (non-hydrogen) atoms. The molecule has 1 heteroatoms. The lowest BCUT2D eigenvalue weighted by molar-refractivity contribution is -0.150. The lowest BCUT2D eigenvalue weighted by Crippen LogP contribution is -2.51. The van der Waals surface area contributed by atoms with Crippen LogP contribution in [0.3, 0.4) is 0 Å². The molecule has 4 rings (SSSR count). The molecule has 2 fully saturated rings. The van der Waals surface area contributed by atoms with E-state index in [4.69, 9.17) is 0 Å². The summed E-state index contributed by atoms with van der Waals surface area (Å²) in [5.74, 6) is 0.638. The molecular formula is C20H24O. The van der Waals surface area contributed by atoms with Crippen LogP contribution in [-0.2, 0) is 5.60 Å². The van der Waals surface area contributed by atoms with Crippen LogP contribution in [0.25, 0.3) is 10.8 Å². The van der Waals surface area contributed by atoms with E-state index in [-0.39, 0.29) is 10.8 Å². The van der Waals surface area contributed by atoms with E-state index in [0.29, 0.717) is 5.92 Å². The molecule has 0 spiro atoms. The molecule has 0 heterocycles. The minimum atomic E-state index is -0.715. The number of hydrogen-bond donors (Lipinski definition) is 1. The number of fused-ring (bicyclic) bond motifs is 3. The summed E-state index contributed by atoms with van der Waals surface area (Å²) in [6.07, 6.45) is 3.56. The number of hydrogen-bond acceptors (Lipinski definition) is 1. The van der Waals surface area contributed by atoms with E-state index < -0.39 is 5.60 Å². The van der Waals surface area contributed by atoms with Crippen molar-refractivity contribution in [2.24, 2.45) is 16.7 Å². The van der Waals surface area contributed by atoms with E-state index in [9.17, 15) is 5.11 Å². The van der Waals surface area contributed by atoms with Crippen LogP contribution in [0.5, 0.6) is 0 Å². The molecule has 0 aromatic heterocycles. The van der Waals surface area contributed by atoms with Crippen LogP contribution < -0.4 is 0 Å². The highest BCUT2D eigenvalue weighted by atomic mass is 16.3. The topological polar surface area (TPSA) is 20.2 Å². The number of rotatable bonds is 1. The summed E-state index contributed by atoms with van der Waals surface area (Å²) in [5, 5.41) is 14.3. The van der Waals surface area contributed by atoms with Crippen LogP contribution in [0, 0.1) is 16.7 Å². The molecule has 2 bridgehead atoms. The molecule has 3 atom stereocenters. The molecule has 0 aliphatic heterocycles. The van der Waals surface area contributed by atoms with Crippen molar-refractivity contribution in [1.29, 1.82) is 0 Å². The fourth-order valence-corrected chi connectivity index (χ4v) is 5.39. The minimum Gasteiger partial charge on any atom is -0.384 e. The Morgan fingerprint density at radius 3 is 2.38 bits per heavy atom. The molecule has 3 unspecified atom stereocenters. The van der Waals surface area contributed by atoms with E-state index in [2.05, 4.69) is 63.2 Å². The van der Waals surface area contributed by atoms with Crippen molar-refractivity contribution < 1.29 is 5.11 Å². The van der Waals surface area contributed by atoms with Crippen molar-refractivity contribution in [3.63, 3.8) is 0 Å². The van der Waals surface area contributed by atoms with Gasteiger partial charge in [0.2, 0.25) is 0 Å². The molecule has 2 aromatic carbocycles. The molecule has 2 aliphatic carbocycles. The molecule has 0 radical (unpaired) electrons. The van der Waals surface area contributed by atoms with Gasteiger partial charge >= 0.3 is 0 Å². The summed E-state index contributed by atoms with van der Waals surface area (Å²) in [6, 6.07) is 14.9. The van der Waals surface area contributed by atoms with E-state index in [1.54, 1.807) is 0 Å². The molecule has 0 amide bonds. The quantitative estimate of drug-likeness (QED) is 0.790. The second-order valence-corrected chi connectivity index (χ2v) is 7.99. The van der Waals surface area contributed by atoms with Crippen LogP contribution in [0.15, 0.2) is 42.5 Å². The molecule has 2 aromatic rings. The van der Waals surface area contributed by atoms with Gasteiger partial charge < -0.3 is 5.11 Å². The van der Waals surface area contributed by atoms with Crippen LogP contribution in [0.2, 0.25) is 0 Å². The lowest BCUT2D eigenvalue weighted by Gasteiger charge is -2.51. The van der Waals surface area contributed by atoms with Gasteiger partial charge in [-0.05, 0) is 47.6 Å². The molecule has 0 saturated heterocycles. The van der Waals surface area contributed by atoms with Gasteiger partial charge in [0.1, 0.15) is 5.60 Å². The first-order chi connectivity index (χ1) is 9.88. The van der Waals surface area contributed by atoms with Crippen molar-refractivity contribution in [3.8, 4) is 0 Å². The highest BCUT2D eigenvalue weighted by molar-refractivity contribution is 5.83. The van der Waals surface area contributed by atoms with Crippen LogP contribution in [0.4, 0.5) is 0 Å². The van der Waals surface area contributed by atoms with Crippen molar-refractivity contribution in [3.05, 3.63) is 48.0 Å². The third kappa shape index (κ3) is 1.46. The third-order valence-corrected chi connectivity index (χ3v) is 6.74. The first-order valence-corrected chi connectivity index (χ1v) is 8.10. The van der Waals surface area contributed by atoms with Crippen molar-refractivity contribution in [1.82, 2.24) is 0 Å². The molecule has 1 nitrogen and oxygen atoms in total. The Morgan fingerprint density at radius 2 is 1.71 bits per heavy atom. The van der Waals surface area contributed by atoms with Gasteiger partial charge in [0.25, 0.3) is 0 Å². The maximum absolute atomic E-state index is 11.8. The fraction of sp³-hybridized carbons (Fsp3) is 0.500. The van der Waals surface area contributed by atoms with E-state index in [0.717, 1.165) is 18.4 Å². The SMILES string of the molecule is CC12CCC(C1)C(C)(C)C2(O)c1ccc2ccccc2c1. The minimum absolute atomic E-state index is 0.0175. The zero-order chi connectivity index (χ0) is 14.9. The maximum atomic E-state index is 11.8. The first-order valence-electron chi connectivity index (χ1n) is 8.10. The van der Waals surface area contributed by atoms with Crippen molar-refractivity contribution in [2.45, 2.75) is 45.6 Å². The highest BCUT2D eigenvalue weighted by Gasteiger charge is 2.68. The van der Waals surface area contributed by atoms with Gasteiger partial charge in [-0.25, -0.2) is 0 Å². The van der Waals surface area contributed by atoms with Gasteiger partial charge in [0, 0.05) is 10.8 Å². The Morgan fingerprint density at radius 1 is 1.00 bits per heavy atom. The lowest BCUT2D eigenvalue weighted by atomic mass is 9.57. The first kappa shape index (κ1) is 13.3. The molecule has 2 aliphatic rings. The Hall–Kier alpha value is -1.34. The summed E-state index contributed by atoms with van der Waals surface area (Å²) in [5.41, 5.74) is 0.356. The summed E-state index contributed by atoms with van der Waals surface area (Å²) >= 11 is 0. The summed E-state index contributed by atoms with van der Waals surface area (Å²) in [7, 11) is 0. The zero-order valence-corrected chi connectivity index (χ0v) is 13.2. The Bertz CT molecular complexity index is 710. The van der Waals surface area contributed by atoms with Crippen molar-refractivity contribution in [2.75, 3.05) is 0 Å². The number of aliphatic hydroxyl groups is 1. The summed E-state index contributed by atoms with van der Waals surface area (Å²) < 4.78 is 0. The van der Waals surface area contributed by atoms with Gasteiger partial charge in [-0.2, -0.15) is 0 Å². The standard InChI is InChI=1S/C20H24O/c1-18(2)17-10-11-19(3,13-17)20(18,21)16-9-8-14-6-4-5-7-15(14)12-16/h4-9,12,17,21H,10-11,13H2,1-3H3. The van der Waals surface area contributed by atoms with Crippen LogP contribution in [-0.4, -0.2) is 5.11 Å². The van der Waals surface area contributed by atoms with Crippen molar-refractivity contribution >= 4 is 10.8 Å². The molecule has 110 valence electrons. The molecule has 2 saturated carbocycles. The average Bonchev–Trinajstić information content (AvgIpc) is 2.95. The largest absolute Gasteiger partial charge is 0.384 e. The second kappa shape index (κ2) is 3.89. The molecular weight excluding hydrogens is 256 g/mol. The fourth-order valence-electron chi connectivity index (χ4n) is 5.39. The Kier molecular flexibility index (Phi) is 2.47. The monoisotopic (exact) mass is 280 g/mol. The zero-order valence-electron chi connectivity index (χ0n) is 13.2. The highest BCUT2D eigenvalue weighted by Crippen LogP contribution is 2.71. The van der Waals surface area contributed by atoms with E-state index in [1.807, 2.05) is 0 Å². The third-order valence-electron chi connectivity index (χ3n) is 6.74. The predicted octanol–water partition coefficient (Wildman–Crippen LogP) is 4.87. The van der Waals surface area contributed by atoms with Gasteiger partial charge in [0.15, 0.2) is 0 Å². The van der Waals surface area contributed by atoms with Crippen LogP contribution in [0.1, 0.15) is 45.6 Å². The van der Waals surface area contributed by atoms with Gasteiger partial charge in [-0.3, -0.25) is 0 Å². The summed E-state index contributed by atoms with van der Waals surface area (Å²) in [4.78, 5) is 0. The summed E-state index contributed by atoms with van der Waals surface area (Å²) in [6.45, 7) is 6.81.